The lowest BCUT2D eigenvalue weighted by Gasteiger charge is -2.16. The molecule has 8 nitrogen and oxygen atoms in total. The summed E-state index contributed by atoms with van der Waals surface area (Å²) in [5.74, 6) is 0.527. The summed E-state index contributed by atoms with van der Waals surface area (Å²) in [6.45, 7) is 1.15. The highest BCUT2D eigenvalue weighted by molar-refractivity contribution is 6.01. The van der Waals surface area contributed by atoms with Gasteiger partial charge in [0.15, 0.2) is 18.1 Å². The van der Waals surface area contributed by atoms with Crippen LogP contribution in [0.3, 0.4) is 0 Å². The average Bonchev–Trinajstić information content (AvgIpc) is 3.24. The number of nitriles is 1. The van der Waals surface area contributed by atoms with Gasteiger partial charge in [-0.1, -0.05) is 24.3 Å². The number of aromatic hydroxyl groups is 1. The largest absolute Gasteiger partial charge is 0.494 e. The Morgan fingerprint density at radius 3 is 2.68 bits per heavy atom. The fourth-order valence-corrected chi connectivity index (χ4v) is 3.39. The molecule has 0 saturated heterocycles. The van der Waals surface area contributed by atoms with Gasteiger partial charge in [0.1, 0.15) is 17.4 Å². The molecule has 0 amide bonds. The molecule has 0 bridgehead atoms. The van der Waals surface area contributed by atoms with Crippen LogP contribution in [0.5, 0.6) is 23.1 Å². The standard InChI is InChI=1S/C23H18N2O6/c1-14-17(10-24)22(27)25(11-15-7-8-19-20(9-15)31-13-30-19)23(28)21(14)18(26)12-29-16-5-3-2-4-6-16/h2-9,28H,11-13H2,1H3. The predicted molar refractivity (Wildman–Crippen MR) is 110 cm³/mol. The van der Waals surface area contributed by atoms with Crippen molar-refractivity contribution in [2.45, 2.75) is 13.5 Å². The molecule has 3 aromatic rings. The zero-order valence-corrected chi connectivity index (χ0v) is 16.6. The van der Waals surface area contributed by atoms with Crippen molar-refractivity contribution in [3.8, 4) is 29.2 Å². The molecule has 156 valence electrons. The normalized spacial score (nSPS) is 11.7. The van der Waals surface area contributed by atoms with Gasteiger partial charge in [0.25, 0.3) is 5.56 Å². The van der Waals surface area contributed by atoms with Gasteiger partial charge in [-0.2, -0.15) is 5.26 Å². The third-order valence-corrected chi connectivity index (χ3v) is 4.97. The van der Waals surface area contributed by atoms with Crippen LogP contribution >= 0.6 is 0 Å². The lowest BCUT2D eigenvalue weighted by Crippen LogP contribution is -2.28. The monoisotopic (exact) mass is 418 g/mol. The van der Waals surface area contributed by atoms with E-state index in [-0.39, 0.29) is 36.6 Å². The van der Waals surface area contributed by atoms with Gasteiger partial charge in [0, 0.05) is 0 Å². The Kier molecular flexibility index (Phi) is 5.33. The Morgan fingerprint density at radius 2 is 1.94 bits per heavy atom. The van der Waals surface area contributed by atoms with E-state index in [1.54, 1.807) is 42.5 Å². The minimum atomic E-state index is -0.685. The van der Waals surface area contributed by atoms with Crippen LogP contribution < -0.4 is 19.8 Å². The number of rotatable bonds is 6. The maximum Gasteiger partial charge on any atom is 0.271 e. The summed E-state index contributed by atoms with van der Waals surface area (Å²) in [5.41, 5.74) is -0.257. The Balaban J connectivity index is 1.70. The molecule has 1 aromatic heterocycles. The van der Waals surface area contributed by atoms with E-state index in [1.165, 1.54) is 6.92 Å². The molecule has 0 unspecified atom stereocenters. The molecule has 2 aromatic carbocycles. The van der Waals surface area contributed by atoms with Crippen LogP contribution in [-0.2, 0) is 6.54 Å². The predicted octanol–water partition coefficient (Wildman–Crippen LogP) is 2.77. The number of pyridine rings is 1. The smallest absolute Gasteiger partial charge is 0.271 e. The fourth-order valence-electron chi connectivity index (χ4n) is 3.39. The molecule has 4 rings (SSSR count). The maximum absolute atomic E-state index is 12.9. The number of aromatic nitrogens is 1. The molecule has 0 saturated carbocycles. The van der Waals surface area contributed by atoms with Crippen molar-refractivity contribution in [2.24, 2.45) is 0 Å². The molecular weight excluding hydrogens is 400 g/mol. The topological polar surface area (TPSA) is 111 Å². The van der Waals surface area contributed by atoms with Crippen LogP contribution in [-0.4, -0.2) is 28.9 Å². The van der Waals surface area contributed by atoms with Crippen molar-refractivity contribution in [3.63, 3.8) is 0 Å². The van der Waals surface area contributed by atoms with Crippen molar-refractivity contribution in [3.05, 3.63) is 81.1 Å². The first-order valence-electron chi connectivity index (χ1n) is 9.45. The molecule has 0 atom stereocenters. The van der Waals surface area contributed by atoms with Gasteiger partial charge in [0.05, 0.1) is 12.1 Å². The lowest BCUT2D eigenvalue weighted by atomic mass is 10.0. The summed E-state index contributed by atoms with van der Waals surface area (Å²) in [6.07, 6.45) is 0. The maximum atomic E-state index is 12.9. The molecule has 0 spiro atoms. The quantitative estimate of drug-likeness (QED) is 0.613. The van der Waals surface area contributed by atoms with Gasteiger partial charge in [0.2, 0.25) is 18.5 Å². The van der Waals surface area contributed by atoms with Crippen molar-refractivity contribution in [2.75, 3.05) is 13.4 Å². The minimum absolute atomic E-state index is 0.0594. The molecule has 31 heavy (non-hydrogen) atoms. The van der Waals surface area contributed by atoms with Crippen LogP contribution in [0.4, 0.5) is 0 Å². The zero-order valence-electron chi connectivity index (χ0n) is 16.6. The van der Waals surface area contributed by atoms with Gasteiger partial charge in [-0.3, -0.25) is 14.2 Å². The zero-order chi connectivity index (χ0) is 22.0. The highest BCUT2D eigenvalue weighted by Gasteiger charge is 2.25. The lowest BCUT2D eigenvalue weighted by molar-refractivity contribution is 0.0916. The Bertz CT molecular complexity index is 1260. The number of hydrogen-bond donors (Lipinski definition) is 1. The van der Waals surface area contributed by atoms with E-state index in [4.69, 9.17) is 14.2 Å². The van der Waals surface area contributed by atoms with E-state index in [1.807, 2.05) is 12.1 Å². The van der Waals surface area contributed by atoms with Gasteiger partial charge in [-0.25, -0.2) is 0 Å². The van der Waals surface area contributed by atoms with E-state index < -0.39 is 17.2 Å². The van der Waals surface area contributed by atoms with Gasteiger partial charge < -0.3 is 19.3 Å². The highest BCUT2D eigenvalue weighted by Crippen LogP contribution is 2.33. The first kappa shape index (κ1) is 20.0. The van der Waals surface area contributed by atoms with E-state index >= 15 is 0 Å². The van der Waals surface area contributed by atoms with Gasteiger partial charge in [-0.05, 0) is 42.3 Å². The molecule has 1 aliphatic heterocycles. The number of para-hydroxylation sites is 1. The number of fused-ring (bicyclic) bond motifs is 1. The number of Topliss-reactive ketones (excluding diaryl/α,β-unsaturated/α-hetero) is 1. The average molecular weight is 418 g/mol. The molecular formula is C23H18N2O6. The van der Waals surface area contributed by atoms with Crippen LogP contribution in [0.15, 0.2) is 53.3 Å². The number of nitrogens with zero attached hydrogens (tertiary/aromatic N) is 2. The van der Waals surface area contributed by atoms with Crippen molar-refractivity contribution in [1.29, 1.82) is 5.26 Å². The molecule has 1 aliphatic rings. The fraction of sp³-hybridized carbons (Fsp3) is 0.174. The van der Waals surface area contributed by atoms with Crippen LogP contribution in [0.2, 0.25) is 0 Å². The van der Waals surface area contributed by atoms with Crippen LogP contribution in [0.1, 0.15) is 27.0 Å². The van der Waals surface area contributed by atoms with E-state index in [2.05, 4.69) is 0 Å². The summed E-state index contributed by atoms with van der Waals surface area (Å²) in [5, 5.41) is 20.3. The summed E-state index contributed by atoms with van der Waals surface area (Å²) in [4.78, 5) is 25.7. The number of ketones is 1. The summed E-state index contributed by atoms with van der Waals surface area (Å²) >= 11 is 0. The Hall–Kier alpha value is -4.25. The molecule has 2 heterocycles. The summed E-state index contributed by atoms with van der Waals surface area (Å²) in [7, 11) is 0. The molecule has 0 fully saturated rings. The Morgan fingerprint density at radius 1 is 1.19 bits per heavy atom. The third-order valence-electron chi connectivity index (χ3n) is 4.97. The number of carbonyl (C=O) groups excluding carboxylic acids is 1. The van der Waals surface area contributed by atoms with Crippen LogP contribution in [0, 0.1) is 18.3 Å². The summed E-state index contributed by atoms with van der Waals surface area (Å²) in [6, 6.07) is 15.7. The number of ether oxygens (including phenoxy) is 3. The Labute approximate surface area is 177 Å². The van der Waals surface area contributed by atoms with Crippen molar-refractivity contribution in [1.82, 2.24) is 4.57 Å². The number of carbonyl (C=O) groups is 1. The first-order valence-corrected chi connectivity index (χ1v) is 9.45. The van der Waals surface area contributed by atoms with Gasteiger partial charge in [-0.15, -0.1) is 0 Å². The second-order valence-corrected chi connectivity index (χ2v) is 6.91. The molecule has 0 aliphatic carbocycles. The highest BCUT2D eigenvalue weighted by atomic mass is 16.7. The first-order chi connectivity index (χ1) is 15.0. The van der Waals surface area contributed by atoms with Crippen molar-refractivity contribution >= 4 is 5.78 Å². The molecule has 0 radical (unpaired) electrons. The number of benzene rings is 2. The third kappa shape index (κ3) is 3.81. The van der Waals surface area contributed by atoms with Gasteiger partial charge >= 0.3 is 0 Å². The summed E-state index contributed by atoms with van der Waals surface area (Å²) < 4.78 is 17.1. The van der Waals surface area contributed by atoms with Crippen LogP contribution in [0.25, 0.3) is 0 Å². The van der Waals surface area contributed by atoms with Crippen molar-refractivity contribution < 1.29 is 24.1 Å². The van der Waals surface area contributed by atoms with E-state index in [0.717, 1.165) is 4.57 Å². The molecule has 1 N–H and O–H groups in total. The second kappa shape index (κ2) is 8.24. The minimum Gasteiger partial charge on any atom is -0.494 e. The SMILES string of the molecule is Cc1c(C(=O)COc2ccccc2)c(O)n(Cc2ccc3c(c2)OCO3)c(=O)c1C#N. The number of hydrogen-bond acceptors (Lipinski definition) is 7. The second-order valence-electron chi connectivity index (χ2n) is 6.91. The molecule has 8 heteroatoms. The van der Waals surface area contributed by atoms with E-state index in [0.29, 0.717) is 22.8 Å². The van der Waals surface area contributed by atoms with E-state index in [9.17, 15) is 20.0 Å².